The van der Waals surface area contributed by atoms with Gasteiger partial charge in [0.05, 0.1) is 18.1 Å². The zero-order valence-corrected chi connectivity index (χ0v) is 19.5. The fraction of sp³-hybridized carbons (Fsp3) is 0.120. The molecule has 0 saturated carbocycles. The molecule has 178 valence electrons. The van der Waals surface area contributed by atoms with Crippen molar-refractivity contribution < 1.29 is 29.0 Å². The molecule has 1 N–H and O–H groups in total. The quantitative estimate of drug-likeness (QED) is 0.401. The van der Waals surface area contributed by atoms with E-state index in [0.29, 0.717) is 22.3 Å². The topological polar surface area (TPSA) is 111 Å². The third-order valence-corrected chi connectivity index (χ3v) is 5.49. The maximum absolute atomic E-state index is 12.7. The zero-order chi connectivity index (χ0) is 25.1. The number of carbonyl (C=O) groups excluding carboxylic acids is 2. The number of imide groups is 1. The summed E-state index contributed by atoms with van der Waals surface area (Å²) < 4.78 is 11.2. The smallest absolute Gasteiger partial charge is 0.417 e. The van der Waals surface area contributed by atoms with Crippen molar-refractivity contribution in [1.82, 2.24) is 14.5 Å². The fourth-order valence-corrected chi connectivity index (χ4v) is 3.74. The molecule has 0 bridgehead atoms. The molecule has 35 heavy (non-hydrogen) atoms. The Kier molecular flexibility index (Phi) is 6.70. The van der Waals surface area contributed by atoms with Gasteiger partial charge in [-0.1, -0.05) is 41.9 Å². The number of nitrogens with zero attached hydrogens (tertiary/aromatic N) is 3. The molecule has 0 aliphatic heterocycles. The molecule has 4 rings (SSSR count). The Morgan fingerprint density at radius 3 is 2.49 bits per heavy atom. The zero-order valence-electron chi connectivity index (χ0n) is 18.8. The van der Waals surface area contributed by atoms with Crippen LogP contribution in [0.3, 0.4) is 0 Å². The van der Waals surface area contributed by atoms with E-state index in [2.05, 4.69) is 9.72 Å². The van der Waals surface area contributed by atoms with Gasteiger partial charge in [0.1, 0.15) is 12.4 Å². The fourth-order valence-electron chi connectivity index (χ4n) is 3.53. The average molecular weight is 494 g/mol. The monoisotopic (exact) mass is 493 g/mol. The van der Waals surface area contributed by atoms with Gasteiger partial charge in [-0.3, -0.25) is 4.79 Å². The SMILES string of the molecule is COC(=O)N(C)C(=O)c1nc2cc(-c3cccc(OCc4cccc(Cl)c4)c3)ccc2n1C(=O)O. The number of halogens is 1. The van der Waals surface area contributed by atoms with Crippen molar-refractivity contribution in [2.24, 2.45) is 0 Å². The van der Waals surface area contributed by atoms with Gasteiger partial charge in [0.2, 0.25) is 5.82 Å². The minimum absolute atomic E-state index is 0.205. The van der Waals surface area contributed by atoms with E-state index in [1.54, 1.807) is 24.3 Å². The Bertz CT molecular complexity index is 1450. The maximum Gasteiger partial charge on any atom is 0.417 e. The molecule has 0 radical (unpaired) electrons. The van der Waals surface area contributed by atoms with E-state index in [0.717, 1.165) is 28.4 Å². The normalized spacial score (nSPS) is 10.7. The minimum Gasteiger partial charge on any atom is -0.489 e. The highest BCUT2D eigenvalue weighted by molar-refractivity contribution is 6.30. The van der Waals surface area contributed by atoms with Crippen LogP contribution in [0.4, 0.5) is 9.59 Å². The standard InChI is InChI=1S/C25H20ClN3O6/c1-28(25(33)34-2)23(30)22-27-20-13-17(9-10-21(20)29(22)24(31)32)16-6-4-8-19(12-16)35-14-15-5-3-7-18(26)11-15/h3-13H,14H2,1-2H3,(H,31,32). The number of hydrogen-bond acceptors (Lipinski definition) is 6. The Labute approximate surface area is 205 Å². The number of amides is 2. The van der Waals surface area contributed by atoms with Gasteiger partial charge >= 0.3 is 12.2 Å². The summed E-state index contributed by atoms with van der Waals surface area (Å²) in [6.07, 6.45) is -2.34. The molecule has 3 aromatic carbocycles. The van der Waals surface area contributed by atoms with E-state index < -0.39 is 23.9 Å². The minimum atomic E-state index is -1.40. The Morgan fingerprint density at radius 1 is 1.03 bits per heavy atom. The summed E-state index contributed by atoms with van der Waals surface area (Å²) in [5, 5.41) is 10.3. The molecule has 9 nitrogen and oxygen atoms in total. The van der Waals surface area contributed by atoms with E-state index in [1.165, 1.54) is 7.05 Å². The number of aromatic nitrogens is 2. The lowest BCUT2D eigenvalue weighted by Gasteiger charge is -2.12. The number of fused-ring (bicyclic) bond motifs is 1. The maximum atomic E-state index is 12.7. The van der Waals surface area contributed by atoms with Crippen molar-refractivity contribution in [3.63, 3.8) is 0 Å². The summed E-state index contributed by atoms with van der Waals surface area (Å²) in [6.45, 7) is 0.339. The predicted octanol–water partition coefficient (Wildman–Crippen LogP) is 5.30. The summed E-state index contributed by atoms with van der Waals surface area (Å²) in [4.78, 5) is 41.2. The number of carboxylic acid groups (broad SMARTS) is 1. The van der Waals surface area contributed by atoms with Crippen LogP contribution in [0.5, 0.6) is 5.75 Å². The number of carbonyl (C=O) groups is 3. The molecule has 1 heterocycles. The van der Waals surface area contributed by atoms with Gasteiger partial charge in [-0.05, 0) is 53.1 Å². The number of ether oxygens (including phenoxy) is 2. The summed E-state index contributed by atoms with van der Waals surface area (Å²) in [5.41, 5.74) is 2.95. The van der Waals surface area contributed by atoms with Crippen LogP contribution in [-0.2, 0) is 11.3 Å². The summed E-state index contributed by atoms with van der Waals surface area (Å²) >= 11 is 6.03. The largest absolute Gasteiger partial charge is 0.489 e. The number of benzene rings is 3. The summed E-state index contributed by atoms with van der Waals surface area (Å²) in [7, 11) is 2.30. The van der Waals surface area contributed by atoms with Gasteiger partial charge in [0, 0.05) is 12.1 Å². The highest BCUT2D eigenvalue weighted by Gasteiger charge is 2.28. The van der Waals surface area contributed by atoms with Crippen LogP contribution in [0.15, 0.2) is 66.7 Å². The van der Waals surface area contributed by atoms with Crippen molar-refractivity contribution in [3.05, 3.63) is 83.1 Å². The number of rotatable bonds is 5. The van der Waals surface area contributed by atoms with Gasteiger partial charge < -0.3 is 14.6 Å². The second-order valence-corrected chi connectivity index (χ2v) is 7.97. The van der Waals surface area contributed by atoms with Crippen molar-refractivity contribution >= 4 is 40.7 Å². The van der Waals surface area contributed by atoms with Gasteiger partial charge in [-0.2, -0.15) is 0 Å². The molecule has 0 saturated heterocycles. The van der Waals surface area contributed by atoms with Crippen LogP contribution in [0, 0.1) is 0 Å². The second kappa shape index (κ2) is 9.86. The lowest BCUT2D eigenvalue weighted by Crippen LogP contribution is -2.35. The van der Waals surface area contributed by atoms with Crippen LogP contribution < -0.4 is 4.74 Å². The second-order valence-electron chi connectivity index (χ2n) is 7.54. The van der Waals surface area contributed by atoms with Crippen molar-refractivity contribution in [2.45, 2.75) is 6.61 Å². The highest BCUT2D eigenvalue weighted by atomic mass is 35.5. The van der Waals surface area contributed by atoms with Crippen LogP contribution in [0.2, 0.25) is 5.02 Å². The van der Waals surface area contributed by atoms with Crippen LogP contribution in [0.1, 0.15) is 16.2 Å². The van der Waals surface area contributed by atoms with Crippen LogP contribution in [0.25, 0.3) is 22.2 Å². The first-order valence-corrected chi connectivity index (χ1v) is 10.8. The van der Waals surface area contributed by atoms with Crippen molar-refractivity contribution in [2.75, 3.05) is 14.2 Å². The van der Waals surface area contributed by atoms with Crippen LogP contribution >= 0.6 is 11.6 Å². The Hall–Kier alpha value is -4.37. The first kappa shape index (κ1) is 23.8. The third-order valence-electron chi connectivity index (χ3n) is 5.25. The lowest BCUT2D eigenvalue weighted by atomic mass is 10.0. The predicted molar refractivity (Wildman–Crippen MR) is 129 cm³/mol. The Balaban J connectivity index is 1.66. The van der Waals surface area contributed by atoms with E-state index in [9.17, 15) is 19.5 Å². The lowest BCUT2D eigenvalue weighted by molar-refractivity contribution is 0.0735. The van der Waals surface area contributed by atoms with Gasteiger partial charge in [-0.25, -0.2) is 24.0 Å². The number of methoxy groups -OCH3 is 1. The third kappa shape index (κ3) is 4.95. The molecule has 2 amide bonds. The molecule has 1 aromatic heterocycles. The average Bonchev–Trinajstić information content (AvgIpc) is 3.25. The van der Waals surface area contributed by atoms with Crippen molar-refractivity contribution in [1.29, 1.82) is 0 Å². The molecule has 10 heteroatoms. The van der Waals surface area contributed by atoms with E-state index in [-0.39, 0.29) is 11.0 Å². The van der Waals surface area contributed by atoms with Gasteiger partial charge in [0.25, 0.3) is 5.91 Å². The summed E-state index contributed by atoms with van der Waals surface area (Å²) in [6, 6.07) is 19.7. The van der Waals surface area contributed by atoms with Gasteiger partial charge in [-0.15, -0.1) is 0 Å². The molecule has 0 unspecified atom stereocenters. The number of imidazole rings is 1. The molecular formula is C25H20ClN3O6. The molecule has 0 aliphatic rings. The first-order chi connectivity index (χ1) is 16.8. The number of hydrogen-bond donors (Lipinski definition) is 1. The van der Waals surface area contributed by atoms with Crippen molar-refractivity contribution in [3.8, 4) is 16.9 Å². The van der Waals surface area contributed by atoms with E-state index >= 15 is 0 Å². The Morgan fingerprint density at radius 2 is 1.77 bits per heavy atom. The highest BCUT2D eigenvalue weighted by Crippen LogP contribution is 2.28. The van der Waals surface area contributed by atoms with E-state index in [4.69, 9.17) is 16.3 Å². The molecule has 0 fully saturated rings. The molecule has 0 spiro atoms. The van der Waals surface area contributed by atoms with Gasteiger partial charge in [0.15, 0.2) is 0 Å². The molecule has 4 aromatic rings. The van der Waals surface area contributed by atoms with Crippen LogP contribution in [-0.4, -0.2) is 51.8 Å². The molecule has 0 atom stereocenters. The molecule has 0 aliphatic carbocycles. The summed E-state index contributed by atoms with van der Waals surface area (Å²) in [5.74, 6) is -0.696. The first-order valence-electron chi connectivity index (χ1n) is 10.4. The van der Waals surface area contributed by atoms with E-state index in [1.807, 2.05) is 42.5 Å². The molecular weight excluding hydrogens is 474 g/mol.